The summed E-state index contributed by atoms with van der Waals surface area (Å²) in [6.07, 6.45) is 5.05. The van der Waals surface area contributed by atoms with E-state index >= 15 is 0 Å². The van der Waals surface area contributed by atoms with Crippen molar-refractivity contribution >= 4 is 5.97 Å². The zero-order valence-electron chi connectivity index (χ0n) is 10.2. The van der Waals surface area contributed by atoms with E-state index in [2.05, 4.69) is 26.5 Å². The van der Waals surface area contributed by atoms with E-state index in [1.807, 2.05) is 13.0 Å². The molecule has 0 heterocycles. The number of esters is 1. The lowest BCUT2D eigenvalue weighted by Crippen LogP contribution is -2.11. The molecule has 0 fully saturated rings. The van der Waals surface area contributed by atoms with E-state index in [0.29, 0.717) is 18.4 Å². The summed E-state index contributed by atoms with van der Waals surface area (Å²) in [4.78, 5) is 10.6. The predicted molar refractivity (Wildman–Crippen MR) is 63.5 cm³/mol. The SMILES string of the molecule is C=C(C)/C=C/[C@H](CCOC(C)=O)C(C)C. The first-order valence-corrected chi connectivity index (χ1v) is 5.40. The highest BCUT2D eigenvalue weighted by Gasteiger charge is 2.10. The third kappa shape index (κ3) is 7.98. The molecular formula is C13H22O2. The van der Waals surface area contributed by atoms with Gasteiger partial charge in [-0.3, -0.25) is 4.79 Å². The van der Waals surface area contributed by atoms with Crippen molar-refractivity contribution in [3.8, 4) is 0 Å². The second kappa shape index (κ2) is 7.27. The van der Waals surface area contributed by atoms with E-state index in [-0.39, 0.29) is 5.97 Å². The van der Waals surface area contributed by atoms with Crippen LogP contribution in [0.1, 0.15) is 34.1 Å². The van der Waals surface area contributed by atoms with Gasteiger partial charge in [0.05, 0.1) is 6.61 Å². The van der Waals surface area contributed by atoms with Gasteiger partial charge in [0.25, 0.3) is 0 Å². The van der Waals surface area contributed by atoms with Gasteiger partial charge in [0.1, 0.15) is 0 Å². The fourth-order valence-corrected chi connectivity index (χ4v) is 1.28. The van der Waals surface area contributed by atoms with Crippen molar-refractivity contribution in [2.75, 3.05) is 6.61 Å². The summed E-state index contributed by atoms with van der Waals surface area (Å²) >= 11 is 0. The standard InChI is InChI=1S/C13H22O2/c1-10(2)6-7-13(11(3)4)8-9-15-12(5)14/h6-7,11,13H,1,8-9H2,2-5H3/b7-6+/t13-/m1/s1. The second-order valence-electron chi connectivity index (χ2n) is 4.24. The molecule has 0 saturated carbocycles. The maximum Gasteiger partial charge on any atom is 0.302 e. The van der Waals surface area contributed by atoms with Gasteiger partial charge in [-0.2, -0.15) is 0 Å². The first-order chi connectivity index (χ1) is 6.93. The molecule has 0 aliphatic heterocycles. The molecule has 0 saturated heterocycles. The van der Waals surface area contributed by atoms with E-state index in [1.165, 1.54) is 6.92 Å². The molecule has 0 radical (unpaired) electrons. The van der Waals surface area contributed by atoms with Crippen molar-refractivity contribution in [3.63, 3.8) is 0 Å². The Hall–Kier alpha value is -1.05. The summed E-state index contributed by atoms with van der Waals surface area (Å²) in [5.41, 5.74) is 1.05. The van der Waals surface area contributed by atoms with Crippen LogP contribution in [0.3, 0.4) is 0 Å². The normalized spacial score (nSPS) is 13.1. The van der Waals surface area contributed by atoms with Gasteiger partial charge in [-0.05, 0) is 25.2 Å². The maximum absolute atomic E-state index is 10.6. The lowest BCUT2D eigenvalue weighted by atomic mass is 9.92. The second-order valence-corrected chi connectivity index (χ2v) is 4.24. The molecule has 2 heteroatoms. The average molecular weight is 210 g/mol. The first-order valence-electron chi connectivity index (χ1n) is 5.40. The minimum absolute atomic E-state index is 0.207. The summed E-state index contributed by atoms with van der Waals surface area (Å²) in [5.74, 6) is 0.790. The van der Waals surface area contributed by atoms with Crippen LogP contribution in [0.2, 0.25) is 0 Å². The Morgan fingerprint density at radius 2 is 2.00 bits per heavy atom. The third-order valence-corrected chi connectivity index (χ3v) is 2.24. The van der Waals surface area contributed by atoms with Crippen molar-refractivity contribution in [2.24, 2.45) is 11.8 Å². The molecule has 0 aliphatic rings. The van der Waals surface area contributed by atoms with Crippen molar-refractivity contribution in [2.45, 2.75) is 34.1 Å². The third-order valence-electron chi connectivity index (χ3n) is 2.24. The van der Waals surface area contributed by atoms with E-state index in [1.54, 1.807) is 0 Å². The quantitative estimate of drug-likeness (QED) is 0.496. The minimum Gasteiger partial charge on any atom is -0.466 e. The van der Waals surface area contributed by atoms with E-state index < -0.39 is 0 Å². The van der Waals surface area contributed by atoms with Gasteiger partial charge in [0, 0.05) is 6.92 Å². The van der Waals surface area contributed by atoms with Crippen LogP contribution in [0.25, 0.3) is 0 Å². The van der Waals surface area contributed by atoms with Gasteiger partial charge in [0.2, 0.25) is 0 Å². The van der Waals surface area contributed by atoms with Crippen LogP contribution in [0, 0.1) is 11.8 Å². The summed E-state index contributed by atoms with van der Waals surface area (Å²) in [7, 11) is 0. The monoisotopic (exact) mass is 210 g/mol. The molecule has 15 heavy (non-hydrogen) atoms. The molecule has 0 N–H and O–H groups in total. The van der Waals surface area contributed by atoms with Crippen LogP contribution in [-0.2, 0) is 9.53 Å². The van der Waals surface area contributed by atoms with Gasteiger partial charge >= 0.3 is 5.97 Å². The highest BCUT2D eigenvalue weighted by atomic mass is 16.5. The summed E-state index contributed by atoms with van der Waals surface area (Å²) in [6.45, 7) is 12.1. The highest BCUT2D eigenvalue weighted by Crippen LogP contribution is 2.17. The van der Waals surface area contributed by atoms with Crippen LogP contribution >= 0.6 is 0 Å². The Kier molecular flexibility index (Phi) is 6.76. The molecule has 0 rings (SSSR count). The van der Waals surface area contributed by atoms with Gasteiger partial charge < -0.3 is 4.74 Å². The number of allylic oxidation sites excluding steroid dienone is 3. The fourth-order valence-electron chi connectivity index (χ4n) is 1.28. The van der Waals surface area contributed by atoms with Crippen LogP contribution in [0.5, 0.6) is 0 Å². The molecule has 0 aromatic heterocycles. The molecule has 0 aromatic carbocycles. The summed E-state index contributed by atoms with van der Waals surface area (Å²) in [5, 5.41) is 0. The van der Waals surface area contributed by atoms with E-state index in [9.17, 15) is 4.79 Å². The Bertz CT molecular complexity index is 239. The van der Waals surface area contributed by atoms with E-state index in [4.69, 9.17) is 4.74 Å². The summed E-state index contributed by atoms with van der Waals surface area (Å²) in [6, 6.07) is 0. The smallest absolute Gasteiger partial charge is 0.302 e. The van der Waals surface area contributed by atoms with Crippen molar-refractivity contribution in [3.05, 3.63) is 24.3 Å². The number of carbonyl (C=O) groups excluding carboxylic acids is 1. The molecule has 86 valence electrons. The van der Waals surface area contributed by atoms with Gasteiger partial charge in [-0.15, -0.1) is 0 Å². The average Bonchev–Trinajstić information content (AvgIpc) is 2.09. The molecule has 0 spiro atoms. The molecule has 0 amide bonds. The van der Waals surface area contributed by atoms with Crippen LogP contribution < -0.4 is 0 Å². The van der Waals surface area contributed by atoms with Crippen molar-refractivity contribution in [1.29, 1.82) is 0 Å². The topological polar surface area (TPSA) is 26.3 Å². The van der Waals surface area contributed by atoms with Crippen molar-refractivity contribution in [1.82, 2.24) is 0 Å². The lowest BCUT2D eigenvalue weighted by molar-refractivity contribution is -0.141. The number of ether oxygens (including phenoxy) is 1. The molecule has 0 aromatic rings. The van der Waals surface area contributed by atoms with E-state index in [0.717, 1.165) is 12.0 Å². The van der Waals surface area contributed by atoms with Crippen molar-refractivity contribution < 1.29 is 9.53 Å². The molecule has 0 aliphatic carbocycles. The molecule has 1 atom stereocenters. The highest BCUT2D eigenvalue weighted by molar-refractivity contribution is 5.65. The Balaban J connectivity index is 4.05. The van der Waals surface area contributed by atoms with Crippen LogP contribution in [-0.4, -0.2) is 12.6 Å². The summed E-state index contributed by atoms with van der Waals surface area (Å²) < 4.78 is 4.93. The number of carbonyl (C=O) groups is 1. The molecule has 2 nitrogen and oxygen atoms in total. The van der Waals surface area contributed by atoms with Gasteiger partial charge in [-0.25, -0.2) is 0 Å². The Morgan fingerprint density at radius 3 is 2.40 bits per heavy atom. The fraction of sp³-hybridized carbons (Fsp3) is 0.615. The minimum atomic E-state index is -0.207. The van der Waals surface area contributed by atoms with Gasteiger partial charge in [-0.1, -0.05) is 38.2 Å². The number of hydrogen-bond acceptors (Lipinski definition) is 2. The Labute approximate surface area is 93.0 Å². The largest absolute Gasteiger partial charge is 0.466 e. The number of rotatable bonds is 6. The zero-order valence-corrected chi connectivity index (χ0v) is 10.2. The first kappa shape index (κ1) is 13.9. The molecule has 0 bridgehead atoms. The maximum atomic E-state index is 10.6. The zero-order chi connectivity index (χ0) is 11.8. The van der Waals surface area contributed by atoms with Crippen LogP contribution in [0.4, 0.5) is 0 Å². The lowest BCUT2D eigenvalue weighted by Gasteiger charge is -2.16. The predicted octanol–water partition coefficient (Wildman–Crippen LogP) is 3.34. The molecular weight excluding hydrogens is 188 g/mol. The number of hydrogen-bond donors (Lipinski definition) is 0. The van der Waals surface area contributed by atoms with Gasteiger partial charge in [0.15, 0.2) is 0 Å². The molecule has 0 unspecified atom stereocenters. The van der Waals surface area contributed by atoms with Crippen LogP contribution in [0.15, 0.2) is 24.3 Å². The Morgan fingerprint density at radius 1 is 1.40 bits per heavy atom.